The van der Waals surface area contributed by atoms with Crippen LogP contribution < -0.4 is 0 Å². The Morgan fingerprint density at radius 1 is 1.43 bits per heavy atom. The van der Waals surface area contributed by atoms with Gasteiger partial charge in [-0.15, -0.1) is 0 Å². The van der Waals surface area contributed by atoms with Gasteiger partial charge in [0, 0.05) is 11.9 Å². The van der Waals surface area contributed by atoms with Crippen LogP contribution in [-0.2, 0) is 9.53 Å². The Labute approximate surface area is 124 Å². The smallest absolute Gasteiger partial charge is 0.328 e. The third-order valence-corrected chi connectivity index (χ3v) is 2.86. The van der Waals surface area contributed by atoms with Gasteiger partial charge in [0.05, 0.1) is 6.61 Å². The zero-order valence-corrected chi connectivity index (χ0v) is 12.3. The van der Waals surface area contributed by atoms with Crippen LogP contribution in [0.25, 0.3) is 0 Å². The molecule has 5 nitrogen and oxygen atoms in total. The van der Waals surface area contributed by atoms with Crippen LogP contribution in [0.3, 0.4) is 0 Å². The lowest BCUT2D eigenvalue weighted by Crippen LogP contribution is -2.36. The number of hydrogen-bond donors (Lipinski definition) is 0. The molecule has 0 aromatic rings. The summed E-state index contributed by atoms with van der Waals surface area (Å²) >= 11 is 0. The average Bonchev–Trinajstić information content (AvgIpc) is 2.48. The first-order valence-electron chi connectivity index (χ1n) is 6.57. The van der Waals surface area contributed by atoms with E-state index in [2.05, 4.69) is 0 Å². The van der Waals surface area contributed by atoms with Crippen LogP contribution in [0, 0.1) is 22.7 Å². The van der Waals surface area contributed by atoms with Gasteiger partial charge in [-0.2, -0.15) is 10.5 Å². The molecule has 21 heavy (non-hydrogen) atoms. The number of allylic oxidation sites excluding steroid dienone is 6. The predicted molar refractivity (Wildman–Crippen MR) is 78.2 cm³/mol. The maximum absolute atomic E-state index is 11.9. The Morgan fingerprint density at radius 2 is 2.10 bits per heavy atom. The number of carbonyl (C=O) groups is 1. The van der Waals surface area contributed by atoms with E-state index in [1.54, 1.807) is 37.0 Å². The first-order valence-corrected chi connectivity index (χ1v) is 6.57. The van der Waals surface area contributed by atoms with Crippen LogP contribution in [0.4, 0.5) is 0 Å². The Balaban J connectivity index is 3.08. The van der Waals surface area contributed by atoms with Crippen molar-refractivity contribution in [3.8, 4) is 12.1 Å². The molecule has 5 heteroatoms. The van der Waals surface area contributed by atoms with E-state index in [9.17, 15) is 4.79 Å². The van der Waals surface area contributed by atoms with Gasteiger partial charge in [-0.1, -0.05) is 6.08 Å². The number of rotatable bonds is 4. The molecule has 0 radical (unpaired) electrons. The molecular formula is C16H17N3O2. The summed E-state index contributed by atoms with van der Waals surface area (Å²) < 4.78 is 5.03. The summed E-state index contributed by atoms with van der Waals surface area (Å²) in [6.07, 6.45) is 8.62. The quantitative estimate of drug-likeness (QED) is 0.585. The molecule has 0 aliphatic carbocycles. The summed E-state index contributed by atoms with van der Waals surface area (Å²) in [5.74, 6) is -0.326. The summed E-state index contributed by atoms with van der Waals surface area (Å²) in [6, 6.07) is 3.10. The summed E-state index contributed by atoms with van der Waals surface area (Å²) in [4.78, 5) is 13.6. The van der Waals surface area contributed by atoms with E-state index in [0.717, 1.165) is 5.57 Å². The van der Waals surface area contributed by atoms with Crippen LogP contribution in [-0.4, -0.2) is 23.5 Å². The summed E-state index contributed by atoms with van der Waals surface area (Å²) in [6.45, 7) is 5.74. The second kappa shape index (κ2) is 7.72. The van der Waals surface area contributed by atoms with Gasteiger partial charge in [0.15, 0.2) is 0 Å². The SMILES string of the molecule is CCOC(=O)C(C)N1C=C(C)C=C/C1=C\C=C(C#N)C#N. The van der Waals surface area contributed by atoms with Gasteiger partial charge in [-0.05, 0) is 44.6 Å². The number of nitriles is 2. The minimum absolute atomic E-state index is 0.00547. The molecule has 1 aliphatic heterocycles. The lowest BCUT2D eigenvalue weighted by atomic mass is 10.1. The van der Waals surface area contributed by atoms with Gasteiger partial charge in [0.1, 0.15) is 23.8 Å². The Kier molecular flexibility index (Phi) is 5.98. The first kappa shape index (κ1) is 16.3. The maximum atomic E-state index is 11.9. The van der Waals surface area contributed by atoms with E-state index in [0.29, 0.717) is 12.3 Å². The lowest BCUT2D eigenvalue weighted by Gasteiger charge is -2.29. The number of nitrogens with zero attached hydrogens (tertiary/aromatic N) is 3. The zero-order chi connectivity index (χ0) is 15.8. The van der Waals surface area contributed by atoms with Crippen molar-refractivity contribution in [3.05, 3.63) is 47.3 Å². The monoisotopic (exact) mass is 283 g/mol. The molecule has 0 N–H and O–H groups in total. The molecule has 0 aromatic heterocycles. The molecule has 1 rings (SSSR count). The molecule has 0 spiro atoms. The van der Waals surface area contributed by atoms with Gasteiger partial charge < -0.3 is 9.64 Å². The summed E-state index contributed by atoms with van der Waals surface area (Å²) in [5, 5.41) is 17.5. The van der Waals surface area contributed by atoms with Crippen molar-refractivity contribution in [1.82, 2.24) is 4.90 Å². The predicted octanol–water partition coefficient (Wildman–Crippen LogP) is 2.57. The molecule has 0 bridgehead atoms. The van der Waals surface area contributed by atoms with Crippen molar-refractivity contribution in [3.63, 3.8) is 0 Å². The Bertz CT molecular complexity index is 596. The molecule has 0 saturated heterocycles. The molecule has 0 fully saturated rings. The van der Waals surface area contributed by atoms with Crippen molar-refractivity contribution >= 4 is 5.97 Å². The third-order valence-electron chi connectivity index (χ3n) is 2.86. The fraction of sp³-hybridized carbons (Fsp3) is 0.312. The van der Waals surface area contributed by atoms with Crippen LogP contribution in [0.15, 0.2) is 47.3 Å². The fourth-order valence-corrected chi connectivity index (χ4v) is 1.76. The van der Waals surface area contributed by atoms with Crippen molar-refractivity contribution in [2.45, 2.75) is 26.8 Å². The topological polar surface area (TPSA) is 77.1 Å². The van der Waals surface area contributed by atoms with E-state index in [1.165, 1.54) is 6.08 Å². The maximum Gasteiger partial charge on any atom is 0.328 e. The second-order valence-electron chi connectivity index (χ2n) is 4.44. The standard InChI is InChI=1S/C16H17N3O2/c1-4-21-16(20)13(3)19-11-12(2)5-7-15(19)8-6-14(9-17)10-18/h5-8,11,13H,4H2,1-3H3/b15-8+. The number of esters is 1. The summed E-state index contributed by atoms with van der Waals surface area (Å²) in [5.41, 5.74) is 1.71. The van der Waals surface area contributed by atoms with Crippen LogP contribution in [0.2, 0.25) is 0 Å². The first-order chi connectivity index (χ1) is 10.0. The average molecular weight is 283 g/mol. The van der Waals surface area contributed by atoms with Gasteiger partial charge in [-0.3, -0.25) is 0 Å². The van der Waals surface area contributed by atoms with E-state index < -0.39 is 6.04 Å². The second-order valence-corrected chi connectivity index (χ2v) is 4.44. The molecule has 1 aliphatic rings. The van der Waals surface area contributed by atoms with Gasteiger partial charge in [0.25, 0.3) is 0 Å². The molecule has 1 unspecified atom stereocenters. The molecule has 0 aromatic carbocycles. The van der Waals surface area contributed by atoms with Crippen LogP contribution in [0.5, 0.6) is 0 Å². The van der Waals surface area contributed by atoms with E-state index in [4.69, 9.17) is 15.3 Å². The highest BCUT2D eigenvalue weighted by atomic mass is 16.5. The number of ether oxygens (including phenoxy) is 1. The Hall–Kier alpha value is -2.79. The van der Waals surface area contributed by atoms with Gasteiger partial charge >= 0.3 is 5.97 Å². The third kappa shape index (κ3) is 4.36. The highest BCUT2D eigenvalue weighted by Gasteiger charge is 2.23. The van der Waals surface area contributed by atoms with Crippen LogP contribution in [0.1, 0.15) is 20.8 Å². The van der Waals surface area contributed by atoms with E-state index in [1.807, 2.05) is 25.3 Å². The highest BCUT2D eigenvalue weighted by molar-refractivity contribution is 5.76. The van der Waals surface area contributed by atoms with E-state index >= 15 is 0 Å². The molecule has 1 atom stereocenters. The van der Waals surface area contributed by atoms with Crippen molar-refractivity contribution in [2.75, 3.05) is 6.61 Å². The minimum Gasteiger partial charge on any atom is -0.464 e. The Morgan fingerprint density at radius 3 is 2.67 bits per heavy atom. The highest BCUT2D eigenvalue weighted by Crippen LogP contribution is 2.20. The van der Waals surface area contributed by atoms with E-state index in [-0.39, 0.29) is 11.5 Å². The number of carbonyl (C=O) groups excluding carboxylic acids is 1. The molecular weight excluding hydrogens is 266 g/mol. The zero-order valence-electron chi connectivity index (χ0n) is 12.3. The van der Waals surface area contributed by atoms with Gasteiger partial charge in [-0.25, -0.2) is 4.79 Å². The minimum atomic E-state index is -0.489. The summed E-state index contributed by atoms with van der Waals surface area (Å²) in [7, 11) is 0. The molecule has 0 amide bonds. The fourth-order valence-electron chi connectivity index (χ4n) is 1.76. The number of hydrogen-bond acceptors (Lipinski definition) is 5. The van der Waals surface area contributed by atoms with Gasteiger partial charge in [0.2, 0.25) is 0 Å². The largest absolute Gasteiger partial charge is 0.464 e. The lowest BCUT2D eigenvalue weighted by molar-refractivity contribution is -0.147. The molecule has 0 saturated carbocycles. The van der Waals surface area contributed by atoms with Crippen LogP contribution >= 0.6 is 0 Å². The van der Waals surface area contributed by atoms with Crippen molar-refractivity contribution in [1.29, 1.82) is 10.5 Å². The van der Waals surface area contributed by atoms with Crippen molar-refractivity contribution < 1.29 is 9.53 Å². The molecule has 108 valence electrons. The molecule has 1 heterocycles. The normalized spacial score (nSPS) is 16.5. The van der Waals surface area contributed by atoms with Crippen molar-refractivity contribution in [2.24, 2.45) is 0 Å².